The van der Waals surface area contributed by atoms with Gasteiger partial charge in [-0.15, -0.1) is 0 Å². The largest absolute Gasteiger partial charge is 0.494 e. The summed E-state index contributed by atoms with van der Waals surface area (Å²) in [6.45, 7) is 2.14. The van der Waals surface area contributed by atoms with E-state index in [2.05, 4.69) is 0 Å². The molecule has 16 heavy (non-hydrogen) atoms. The van der Waals surface area contributed by atoms with Gasteiger partial charge in [0.2, 0.25) is 0 Å². The van der Waals surface area contributed by atoms with Gasteiger partial charge in [-0.1, -0.05) is 18.2 Å². The molecule has 0 amide bonds. The Morgan fingerprint density at radius 1 is 1.50 bits per heavy atom. The zero-order chi connectivity index (χ0) is 12.2. The average Bonchev–Trinajstić information content (AvgIpc) is 2.20. The number of alkyl halides is 3. The third-order valence-corrected chi connectivity index (χ3v) is 2.24. The first-order valence-electron chi connectivity index (χ1n) is 4.75. The molecule has 1 aromatic rings. The number of halogens is 3. The smallest absolute Gasteiger partial charge is 0.342 e. The van der Waals surface area contributed by atoms with Crippen molar-refractivity contribution in [1.82, 2.24) is 5.43 Å². The summed E-state index contributed by atoms with van der Waals surface area (Å²) >= 11 is 4.97. The van der Waals surface area contributed by atoms with Gasteiger partial charge < -0.3 is 4.74 Å². The molecule has 0 saturated carbocycles. The zero-order valence-corrected chi connectivity index (χ0v) is 9.47. The summed E-state index contributed by atoms with van der Waals surface area (Å²) in [6.07, 6.45) is 0. The van der Waals surface area contributed by atoms with E-state index < -0.39 is 11.4 Å². The summed E-state index contributed by atoms with van der Waals surface area (Å²) in [7, 11) is 0. The number of benzene rings is 1. The highest BCUT2D eigenvalue weighted by atomic mass is 35.5. The zero-order valence-electron chi connectivity index (χ0n) is 8.71. The summed E-state index contributed by atoms with van der Waals surface area (Å²) in [6, 6.07) is 4.90. The van der Waals surface area contributed by atoms with Crippen molar-refractivity contribution in [1.29, 1.82) is 0 Å². The molecule has 0 fully saturated rings. The van der Waals surface area contributed by atoms with Gasteiger partial charge in [0.15, 0.2) is 0 Å². The fourth-order valence-corrected chi connectivity index (χ4v) is 1.55. The van der Waals surface area contributed by atoms with Gasteiger partial charge in [-0.3, -0.25) is 5.84 Å². The van der Waals surface area contributed by atoms with Crippen molar-refractivity contribution in [3.63, 3.8) is 0 Å². The third kappa shape index (κ3) is 3.04. The fourth-order valence-electron chi connectivity index (χ4n) is 1.37. The summed E-state index contributed by atoms with van der Waals surface area (Å²) in [4.78, 5) is 0. The molecule has 6 heteroatoms. The predicted octanol–water partition coefficient (Wildman–Crippen LogP) is 2.42. The van der Waals surface area contributed by atoms with Crippen LogP contribution in [0.4, 0.5) is 8.78 Å². The summed E-state index contributed by atoms with van der Waals surface area (Å²) < 4.78 is 31.3. The lowest BCUT2D eigenvalue weighted by molar-refractivity contribution is 0.0485. The standard InChI is InChI=1S/C10H13ClF2N2O/c1-2-16-8-6-4-3-5-7(8)9(15-14)10(11,12)13/h3-6,9,15H,2,14H2,1H3. The molecule has 0 aromatic heterocycles. The molecule has 90 valence electrons. The quantitative estimate of drug-likeness (QED) is 0.479. The molecule has 0 saturated heterocycles. The van der Waals surface area contributed by atoms with E-state index >= 15 is 0 Å². The van der Waals surface area contributed by atoms with Crippen LogP contribution in [0.25, 0.3) is 0 Å². The molecule has 0 radical (unpaired) electrons. The minimum atomic E-state index is -3.48. The Kier molecular flexibility index (Phi) is 4.46. The van der Waals surface area contributed by atoms with Crippen LogP contribution in [0.2, 0.25) is 0 Å². The number of nitrogens with two attached hydrogens (primary N) is 1. The summed E-state index contributed by atoms with van der Waals surface area (Å²) in [5.41, 5.74) is 2.22. The van der Waals surface area contributed by atoms with Gasteiger partial charge in [0.05, 0.1) is 6.61 Å². The maximum absolute atomic E-state index is 13.1. The van der Waals surface area contributed by atoms with Gasteiger partial charge in [-0.25, -0.2) is 5.43 Å². The maximum Gasteiger partial charge on any atom is 0.342 e. The molecule has 0 bridgehead atoms. The minimum Gasteiger partial charge on any atom is -0.494 e. The Morgan fingerprint density at radius 2 is 2.12 bits per heavy atom. The highest BCUT2D eigenvalue weighted by Gasteiger charge is 2.39. The van der Waals surface area contributed by atoms with E-state index in [1.807, 2.05) is 5.43 Å². The van der Waals surface area contributed by atoms with E-state index in [1.165, 1.54) is 6.07 Å². The normalized spacial score (nSPS) is 13.6. The SMILES string of the molecule is CCOc1ccccc1C(NN)C(F)(F)Cl. The highest BCUT2D eigenvalue weighted by Crippen LogP contribution is 2.38. The molecule has 0 aliphatic rings. The van der Waals surface area contributed by atoms with Crippen molar-refractivity contribution in [2.45, 2.75) is 18.3 Å². The van der Waals surface area contributed by atoms with Gasteiger partial charge >= 0.3 is 5.38 Å². The summed E-state index contributed by atoms with van der Waals surface area (Å²) in [5, 5.41) is -3.48. The van der Waals surface area contributed by atoms with E-state index in [-0.39, 0.29) is 5.56 Å². The Morgan fingerprint density at radius 3 is 2.62 bits per heavy atom. The van der Waals surface area contributed by atoms with E-state index in [1.54, 1.807) is 25.1 Å². The molecule has 0 spiro atoms. The number of para-hydroxylation sites is 1. The lowest BCUT2D eigenvalue weighted by atomic mass is 10.1. The van der Waals surface area contributed by atoms with Crippen LogP contribution in [0.5, 0.6) is 5.75 Å². The second kappa shape index (κ2) is 5.43. The molecule has 1 unspecified atom stereocenters. The first-order valence-corrected chi connectivity index (χ1v) is 5.13. The van der Waals surface area contributed by atoms with Crippen molar-refractivity contribution in [2.75, 3.05) is 6.61 Å². The number of nitrogens with one attached hydrogen (secondary N) is 1. The second-order valence-corrected chi connectivity index (χ2v) is 3.62. The van der Waals surface area contributed by atoms with Crippen LogP contribution in [-0.2, 0) is 0 Å². The first-order chi connectivity index (χ1) is 7.50. The summed E-state index contributed by atoms with van der Waals surface area (Å²) in [5.74, 6) is 5.43. The predicted molar refractivity (Wildman–Crippen MR) is 58.5 cm³/mol. The van der Waals surface area contributed by atoms with Crippen molar-refractivity contribution >= 4 is 11.6 Å². The second-order valence-electron chi connectivity index (χ2n) is 3.11. The van der Waals surface area contributed by atoms with Crippen LogP contribution in [0.15, 0.2) is 24.3 Å². The van der Waals surface area contributed by atoms with E-state index in [0.29, 0.717) is 12.4 Å². The highest BCUT2D eigenvalue weighted by molar-refractivity contribution is 6.22. The molecule has 0 heterocycles. The van der Waals surface area contributed by atoms with Crippen molar-refractivity contribution < 1.29 is 13.5 Å². The minimum absolute atomic E-state index is 0.229. The van der Waals surface area contributed by atoms with Gasteiger partial charge in [-0.05, 0) is 24.6 Å². The Bertz CT molecular complexity index is 344. The number of hydrazine groups is 1. The Labute approximate surface area is 97.5 Å². The average molecular weight is 251 g/mol. The van der Waals surface area contributed by atoms with Crippen LogP contribution in [0.3, 0.4) is 0 Å². The molecular weight excluding hydrogens is 238 g/mol. The molecule has 1 rings (SSSR count). The third-order valence-electron chi connectivity index (χ3n) is 2.02. The molecule has 3 nitrogen and oxygen atoms in total. The molecule has 3 N–H and O–H groups in total. The molecular formula is C10H13ClF2N2O. The van der Waals surface area contributed by atoms with E-state index in [9.17, 15) is 8.78 Å². The molecule has 0 aliphatic carbocycles. The van der Waals surface area contributed by atoms with E-state index in [4.69, 9.17) is 22.2 Å². The van der Waals surface area contributed by atoms with Crippen molar-refractivity contribution in [2.24, 2.45) is 5.84 Å². The van der Waals surface area contributed by atoms with Gasteiger partial charge in [-0.2, -0.15) is 8.78 Å². The van der Waals surface area contributed by atoms with Crippen LogP contribution in [0.1, 0.15) is 18.5 Å². The topological polar surface area (TPSA) is 47.3 Å². The van der Waals surface area contributed by atoms with Crippen LogP contribution < -0.4 is 16.0 Å². The van der Waals surface area contributed by atoms with Crippen molar-refractivity contribution in [3.05, 3.63) is 29.8 Å². The monoisotopic (exact) mass is 250 g/mol. The van der Waals surface area contributed by atoms with Gasteiger partial charge in [0.1, 0.15) is 11.8 Å². The number of hydrogen-bond donors (Lipinski definition) is 2. The van der Waals surface area contributed by atoms with Crippen molar-refractivity contribution in [3.8, 4) is 5.75 Å². The maximum atomic E-state index is 13.1. The Hall–Kier alpha value is -0.910. The van der Waals surface area contributed by atoms with Gasteiger partial charge in [0.25, 0.3) is 0 Å². The lowest BCUT2D eigenvalue weighted by Gasteiger charge is -2.23. The molecule has 1 atom stereocenters. The first kappa shape index (κ1) is 13.2. The number of rotatable bonds is 5. The molecule has 0 aliphatic heterocycles. The van der Waals surface area contributed by atoms with E-state index in [0.717, 1.165) is 0 Å². The lowest BCUT2D eigenvalue weighted by Crippen LogP contribution is -2.38. The van der Waals surface area contributed by atoms with Crippen LogP contribution >= 0.6 is 11.6 Å². The number of ether oxygens (including phenoxy) is 1. The fraction of sp³-hybridized carbons (Fsp3) is 0.400. The van der Waals surface area contributed by atoms with Crippen LogP contribution in [0, 0.1) is 0 Å². The number of hydrogen-bond acceptors (Lipinski definition) is 3. The molecule has 1 aromatic carbocycles. The van der Waals surface area contributed by atoms with Crippen LogP contribution in [-0.4, -0.2) is 12.0 Å². The Balaban J connectivity index is 3.09. The van der Waals surface area contributed by atoms with Gasteiger partial charge in [0, 0.05) is 5.56 Å².